The average Bonchev–Trinajstić information content (AvgIpc) is 2.87. The molecule has 0 unspecified atom stereocenters. The molecule has 0 aromatic heterocycles. The Labute approximate surface area is 217 Å². The lowest BCUT2D eigenvalue weighted by Gasteiger charge is -2.24. The number of carboxylic acid groups (broad SMARTS) is 1. The van der Waals surface area contributed by atoms with Crippen LogP contribution in [0.2, 0.25) is 0 Å². The molecule has 0 aliphatic carbocycles. The Kier molecular flexibility index (Phi) is 8.54. The van der Waals surface area contributed by atoms with Gasteiger partial charge >= 0.3 is 17.9 Å². The number of benzene rings is 3. The number of esters is 2. The molecular formula is C27H24N2O9. The van der Waals surface area contributed by atoms with Gasteiger partial charge in [-0.05, 0) is 50.6 Å². The summed E-state index contributed by atoms with van der Waals surface area (Å²) in [5.41, 5.74) is 1.78. The fourth-order valence-corrected chi connectivity index (χ4v) is 3.30. The van der Waals surface area contributed by atoms with E-state index in [0.29, 0.717) is 5.56 Å². The van der Waals surface area contributed by atoms with Crippen LogP contribution >= 0.6 is 0 Å². The number of rotatable bonds is 9. The third-order valence-corrected chi connectivity index (χ3v) is 5.51. The lowest BCUT2D eigenvalue weighted by molar-refractivity contribution is -0.384. The molecule has 0 fully saturated rings. The monoisotopic (exact) mass is 520 g/mol. The molecule has 1 amide bonds. The first-order valence-corrected chi connectivity index (χ1v) is 11.3. The summed E-state index contributed by atoms with van der Waals surface area (Å²) >= 11 is 0. The maximum Gasteiger partial charge on any atom is 0.349 e. The molecule has 3 rings (SSSR count). The Morgan fingerprint density at radius 3 is 1.71 bits per heavy atom. The second-order valence-electron chi connectivity index (χ2n) is 8.47. The number of amides is 1. The Bertz CT molecular complexity index is 1380. The number of hydrogen-bond donors (Lipinski definition) is 2. The molecule has 2 atom stereocenters. The minimum atomic E-state index is -2.24. The van der Waals surface area contributed by atoms with E-state index in [4.69, 9.17) is 9.47 Å². The van der Waals surface area contributed by atoms with Gasteiger partial charge in [0.1, 0.15) is 0 Å². The van der Waals surface area contributed by atoms with Gasteiger partial charge in [-0.2, -0.15) is 0 Å². The van der Waals surface area contributed by atoms with E-state index in [1.54, 1.807) is 45.0 Å². The second-order valence-corrected chi connectivity index (χ2v) is 8.47. The number of nitro groups is 1. The lowest BCUT2D eigenvalue weighted by Crippen LogP contribution is -2.48. The number of nitrogens with one attached hydrogen (secondary N) is 1. The highest BCUT2D eigenvalue weighted by Crippen LogP contribution is 2.23. The summed E-state index contributed by atoms with van der Waals surface area (Å²) in [4.78, 5) is 61.4. The van der Waals surface area contributed by atoms with Crippen molar-refractivity contribution in [2.45, 2.75) is 33.0 Å². The molecule has 38 heavy (non-hydrogen) atoms. The van der Waals surface area contributed by atoms with Gasteiger partial charge in [-0.25, -0.2) is 14.4 Å². The third kappa shape index (κ3) is 6.78. The Hall–Kier alpha value is -5.06. The van der Waals surface area contributed by atoms with Gasteiger partial charge < -0.3 is 19.9 Å². The van der Waals surface area contributed by atoms with Crippen LogP contribution in [-0.2, 0) is 19.1 Å². The van der Waals surface area contributed by atoms with E-state index in [9.17, 15) is 34.4 Å². The van der Waals surface area contributed by atoms with Gasteiger partial charge in [0.15, 0.2) is 0 Å². The van der Waals surface area contributed by atoms with Crippen molar-refractivity contribution in [1.29, 1.82) is 0 Å². The van der Waals surface area contributed by atoms with Crippen molar-refractivity contribution in [2.75, 3.05) is 5.32 Å². The summed E-state index contributed by atoms with van der Waals surface area (Å²) in [6, 6.07) is 15.8. The highest BCUT2D eigenvalue weighted by atomic mass is 16.6. The summed E-state index contributed by atoms with van der Waals surface area (Å²) < 4.78 is 10.4. The van der Waals surface area contributed by atoms with Crippen LogP contribution in [0.1, 0.15) is 37.4 Å². The van der Waals surface area contributed by atoms with Crippen LogP contribution in [0.15, 0.2) is 66.7 Å². The zero-order valence-corrected chi connectivity index (χ0v) is 20.7. The number of nitrogens with zero attached hydrogens (tertiary/aromatic N) is 1. The van der Waals surface area contributed by atoms with Crippen molar-refractivity contribution in [2.24, 2.45) is 0 Å². The number of carbonyl (C=O) groups is 4. The van der Waals surface area contributed by atoms with E-state index in [1.165, 1.54) is 36.4 Å². The molecule has 0 spiro atoms. The predicted octanol–water partition coefficient (Wildman–Crippen LogP) is 3.99. The molecule has 2 N–H and O–H groups in total. The average molecular weight is 520 g/mol. The van der Waals surface area contributed by atoms with E-state index >= 15 is 0 Å². The van der Waals surface area contributed by atoms with Crippen LogP contribution in [-0.4, -0.2) is 46.1 Å². The first-order chi connectivity index (χ1) is 18.0. The number of ether oxygens (including phenoxy) is 2. The number of anilines is 1. The molecule has 11 nitrogen and oxygen atoms in total. The topological polar surface area (TPSA) is 162 Å². The smallest absolute Gasteiger partial charge is 0.349 e. The number of carbonyl (C=O) groups excluding carboxylic acids is 3. The summed E-state index contributed by atoms with van der Waals surface area (Å²) in [6.45, 7) is 5.13. The molecular weight excluding hydrogens is 496 g/mol. The van der Waals surface area contributed by atoms with Gasteiger partial charge in [0.2, 0.25) is 12.2 Å². The van der Waals surface area contributed by atoms with Crippen molar-refractivity contribution in [3.8, 4) is 0 Å². The van der Waals surface area contributed by atoms with Crippen molar-refractivity contribution in [1.82, 2.24) is 0 Å². The zero-order chi connectivity index (χ0) is 28.0. The van der Waals surface area contributed by atoms with Crippen LogP contribution in [0, 0.1) is 30.9 Å². The Morgan fingerprint density at radius 1 is 0.789 bits per heavy atom. The summed E-state index contributed by atoms with van der Waals surface area (Å²) in [5.74, 6) is -5.03. The van der Waals surface area contributed by atoms with Crippen LogP contribution < -0.4 is 5.32 Å². The maximum atomic E-state index is 13.3. The van der Waals surface area contributed by atoms with Crippen molar-refractivity contribution < 1.29 is 38.7 Å². The molecule has 196 valence electrons. The highest BCUT2D eigenvalue weighted by molar-refractivity contribution is 6.02. The molecule has 3 aromatic carbocycles. The van der Waals surface area contributed by atoms with E-state index in [2.05, 4.69) is 5.32 Å². The summed E-state index contributed by atoms with van der Waals surface area (Å²) in [5, 5.41) is 23.4. The standard InChI is InChI=1S/C27H24N2O9/c1-15-4-9-18(10-5-15)26(33)37-22(24(30)28-21-14-20(29(35)36)13-8-17(21)3)23(25(31)32)38-27(34)19-11-6-16(2)7-12-19/h4-14,22-23H,1-3H3,(H,28,30)(H,31,32)/t22-,23-/m1/s1. The van der Waals surface area contributed by atoms with Gasteiger partial charge in [0.05, 0.1) is 21.7 Å². The summed E-state index contributed by atoms with van der Waals surface area (Å²) in [6.07, 6.45) is -4.38. The van der Waals surface area contributed by atoms with Crippen LogP contribution in [0.3, 0.4) is 0 Å². The Balaban J connectivity index is 1.96. The van der Waals surface area contributed by atoms with Crippen LogP contribution in [0.4, 0.5) is 11.4 Å². The molecule has 11 heteroatoms. The molecule has 0 aliphatic rings. The molecule has 0 bridgehead atoms. The van der Waals surface area contributed by atoms with Crippen LogP contribution in [0.25, 0.3) is 0 Å². The fourth-order valence-electron chi connectivity index (χ4n) is 3.30. The number of carboxylic acids is 1. The minimum absolute atomic E-state index is 0.0143. The van der Waals surface area contributed by atoms with Gasteiger partial charge in [-0.3, -0.25) is 14.9 Å². The second kappa shape index (κ2) is 11.8. The first-order valence-electron chi connectivity index (χ1n) is 11.3. The van der Waals surface area contributed by atoms with Gasteiger partial charge in [-0.1, -0.05) is 41.5 Å². The largest absolute Gasteiger partial charge is 0.478 e. The van der Waals surface area contributed by atoms with E-state index < -0.39 is 40.9 Å². The molecule has 0 heterocycles. The van der Waals surface area contributed by atoms with E-state index in [1.807, 2.05) is 0 Å². The van der Waals surface area contributed by atoms with Gasteiger partial charge in [0.25, 0.3) is 11.6 Å². The number of hydrogen-bond acceptors (Lipinski definition) is 8. The quantitative estimate of drug-likeness (QED) is 0.241. The molecule has 0 aliphatic heterocycles. The molecule has 0 radical (unpaired) electrons. The zero-order valence-electron chi connectivity index (χ0n) is 20.7. The number of nitro benzene ring substituents is 1. The lowest BCUT2D eigenvalue weighted by atomic mass is 10.1. The SMILES string of the molecule is Cc1ccc(C(=O)O[C@@H](C(=O)O)[C@@H](OC(=O)c2ccc(C)cc2)C(=O)Nc2cc([N+](=O)[O-])ccc2C)cc1. The number of non-ortho nitro benzene ring substituents is 1. The van der Waals surface area contributed by atoms with Gasteiger partial charge in [-0.15, -0.1) is 0 Å². The van der Waals surface area contributed by atoms with E-state index in [0.717, 1.165) is 17.2 Å². The van der Waals surface area contributed by atoms with Crippen LogP contribution in [0.5, 0.6) is 0 Å². The number of aryl methyl sites for hydroxylation is 3. The summed E-state index contributed by atoms with van der Waals surface area (Å²) in [7, 11) is 0. The third-order valence-electron chi connectivity index (χ3n) is 5.51. The Morgan fingerprint density at radius 2 is 1.26 bits per heavy atom. The van der Waals surface area contributed by atoms with Crippen molar-refractivity contribution in [3.05, 3.63) is 105 Å². The number of aliphatic carboxylic acids is 1. The molecule has 3 aromatic rings. The fraction of sp³-hybridized carbons (Fsp3) is 0.185. The highest BCUT2D eigenvalue weighted by Gasteiger charge is 2.41. The molecule has 0 saturated heterocycles. The van der Waals surface area contributed by atoms with E-state index in [-0.39, 0.29) is 22.5 Å². The predicted molar refractivity (Wildman–Crippen MR) is 135 cm³/mol. The van der Waals surface area contributed by atoms with Gasteiger partial charge in [0, 0.05) is 12.1 Å². The molecule has 0 saturated carbocycles. The van der Waals surface area contributed by atoms with Crippen molar-refractivity contribution in [3.63, 3.8) is 0 Å². The maximum absolute atomic E-state index is 13.3. The first kappa shape index (κ1) is 27.5. The van der Waals surface area contributed by atoms with Crippen molar-refractivity contribution >= 4 is 35.2 Å². The minimum Gasteiger partial charge on any atom is -0.478 e. The normalized spacial score (nSPS) is 12.1.